The van der Waals surface area contributed by atoms with Crippen LogP contribution in [0.25, 0.3) is 0 Å². The number of piperidine rings is 1. The van der Waals surface area contributed by atoms with Gasteiger partial charge in [-0.15, -0.1) is 11.8 Å². The maximum absolute atomic E-state index is 11.7. The fourth-order valence-corrected chi connectivity index (χ4v) is 3.01. The van der Waals surface area contributed by atoms with Gasteiger partial charge in [0.05, 0.1) is 18.0 Å². The molecule has 0 saturated carbocycles. The van der Waals surface area contributed by atoms with Crippen LogP contribution in [0.5, 0.6) is 0 Å². The van der Waals surface area contributed by atoms with E-state index >= 15 is 0 Å². The third-order valence-electron chi connectivity index (χ3n) is 2.97. The Hall–Kier alpha value is -1.01. The summed E-state index contributed by atoms with van der Waals surface area (Å²) >= 11 is 1.77. The summed E-state index contributed by atoms with van der Waals surface area (Å²) in [6.45, 7) is 2.67. The molecule has 2 rings (SSSR count). The first-order chi connectivity index (χ1) is 8.74. The summed E-state index contributed by atoms with van der Waals surface area (Å²) in [6.07, 6.45) is 4.21. The zero-order valence-electron chi connectivity index (χ0n) is 10.7. The number of aromatic nitrogens is 2. The molecule has 6 heteroatoms. The maximum Gasteiger partial charge on any atom is 0.230 e. The van der Waals surface area contributed by atoms with Gasteiger partial charge in [-0.05, 0) is 32.0 Å². The number of nitrogens with one attached hydrogen (secondary N) is 2. The van der Waals surface area contributed by atoms with Crippen LogP contribution in [0, 0.1) is 0 Å². The van der Waals surface area contributed by atoms with E-state index in [1.807, 2.05) is 19.3 Å². The molecule has 0 spiro atoms. The molecule has 0 radical (unpaired) electrons. The zero-order valence-corrected chi connectivity index (χ0v) is 11.5. The van der Waals surface area contributed by atoms with Crippen LogP contribution in [0.15, 0.2) is 12.3 Å². The molecular formula is C12H20N4OS. The quantitative estimate of drug-likeness (QED) is 0.817. The average molecular weight is 268 g/mol. The fourth-order valence-electron chi connectivity index (χ4n) is 1.95. The Morgan fingerprint density at radius 3 is 3.06 bits per heavy atom. The summed E-state index contributed by atoms with van der Waals surface area (Å²) in [4.78, 5) is 11.7. The van der Waals surface area contributed by atoms with E-state index in [2.05, 4.69) is 15.7 Å². The van der Waals surface area contributed by atoms with Crippen LogP contribution in [0.4, 0.5) is 0 Å². The first-order valence-electron chi connectivity index (χ1n) is 6.31. The van der Waals surface area contributed by atoms with Crippen LogP contribution < -0.4 is 10.6 Å². The van der Waals surface area contributed by atoms with Crippen LogP contribution in [-0.4, -0.2) is 39.8 Å². The SMILES string of the molecule is Cn1ccc(CNC(=O)CSC2CCNCC2)n1. The van der Waals surface area contributed by atoms with E-state index in [1.54, 1.807) is 16.4 Å². The molecule has 0 bridgehead atoms. The van der Waals surface area contributed by atoms with Gasteiger partial charge < -0.3 is 10.6 Å². The van der Waals surface area contributed by atoms with Crippen molar-refractivity contribution >= 4 is 17.7 Å². The van der Waals surface area contributed by atoms with E-state index in [9.17, 15) is 4.79 Å². The average Bonchev–Trinajstić information content (AvgIpc) is 2.81. The van der Waals surface area contributed by atoms with Crippen LogP contribution in [0.2, 0.25) is 0 Å². The molecular weight excluding hydrogens is 248 g/mol. The van der Waals surface area contributed by atoms with Crippen molar-refractivity contribution in [1.82, 2.24) is 20.4 Å². The summed E-state index contributed by atoms with van der Waals surface area (Å²) in [7, 11) is 1.87. The molecule has 1 aromatic heterocycles. The maximum atomic E-state index is 11.7. The van der Waals surface area contributed by atoms with Gasteiger partial charge in [0.15, 0.2) is 0 Å². The molecule has 1 aliphatic rings. The largest absolute Gasteiger partial charge is 0.350 e. The van der Waals surface area contributed by atoms with Gasteiger partial charge >= 0.3 is 0 Å². The Kier molecular flexibility index (Phi) is 5.07. The second-order valence-electron chi connectivity index (χ2n) is 4.52. The molecule has 1 aliphatic heterocycles. The molecule has 1 fully saturated rings. The highest BCUT2D eigenvalue weighted by Crippen LogP contribution is 2.19. The van der Waals surface area contributed by atoms with Crippen LogP contribution in [0.3, 0.4) is 0 Å². The molecule has 2 heterocycles. The summed E-state index contributed by atoms with van der Waals surface area (Å²) in [5.74, 6) is 0.654. The first kappa shape index (κ1) is 13.4. The molecule has 0 aromatic carbocycles. The molecule has 0 unspecified atom stereocenters. The number of rotatable bonds is 5. The highest BCUT2D eigenvalue weighted by Gasteiger charge is 2.14. The summed E-state index contributed by atoms with van der Waals surface area (Å²) in [5, 5.41) is 11.1. The number of aryl methyl sites for hydroxylation is 1. The number of carbonyl (C=O) groups excluding carboxylic acids is 1. The highest BCUT2D eigenvalue weighted by atomic mass is 32.2. The first-order valence-corrected chi connectivity index (χ1v) is 7.36. The van der Waals surface area contributed by atoms with Gasteiger partial charge in [0, 0.05) is 18.5 Å². The predicted octanol–water partition coefficient (Wildman–Crippen LogP) is 0.521. The van der Waals surface area contributed by atoms with E-state index in [-0.39, 0.29) is 5.91 Å². The molecule has 0 atom stereocenters. The van der Waals surface area contributed by atoms with E-state index in [1.165, 1.54) is 0 Å². The Labute approximate surface area is 112 Å². The summed E-state index contributed by atoms with van der Waals surface area (Å²) in [6, 6.07) is 1.92. The van der Waals surface area contributed by atoms with Crippen molar-refractivity contribution in [3.05, 3.63) is 18.0 Å². The minimum absolute atomic E-state index is 0.101. The lowest BCUT2D eigenvalue weighted by Crippen LogP contribution is -2.31. The van der Waals surface area contributed by atoms with Crippen molar-refractivity contribution < 1.29 is 4.79 Å². The van der Waals surface area contributed by atoms with E-state index in [0.717, 1.165) is 31.6 Å². The topological polar surface area (TPSA) is 59.0 Å². The highest BCUT2D eigenvalue weighted by molar-refractivity contribution is 8.00. The summed E-state index contributed by atoms with van der Waals surface area (Å²) < 4.78 is 1.74. The van der Waals surface area contributed by atoms with Crippen molar-refractivity contribution in [2.75, 3.05) is 18.8 Å². The molecule has 1 saturated heterocycles. The second-order valence-corrected chi connectivity index (χ2v) is 5.81. The number of nitrogens with zero attached hydrogens (tertiary/aromatic N) is 2. The Morgan fingerprint density at radius 2 is 2.39 bits per heavy atom. The lowest BCUT2D eigenvalue weighted by atomic mass is 10.2. The molecule has 1 aromatic rings. The fraction of sp³-hybridized carbons (Fsp3) is 0.667. The van der Waals surface area contributed by atoms with Crippen molar-refractivity contribution in [3.8, 4) is 0 Å². The smallest absolute Gasteiger partial charge is 0.230 e. The van der Waals surface area contributed by atoms with Gasteiger partial charge in [0.25, 0.3) is 0 Å². The Balaban J connectivity index is 1.62. The predicted molar refractivity (Wildman–Crippen MR) is 73.4 cm³/mol. The third kappa shape index (κ3) is 4.34. The lowest BCUT2D eigenvalue weighted by Gasteiger charge is -2.21. The van der Waals surface area contributed by atoms with Crippen molar-refractivity contribution in [1.29, 1.82) is 0 Å². The van der Waals surface area contributed by atoms with Gasteiger partial charge in [0.1, 0.15) is 0 Å². The molecule has 2 N–H and O–H groups in total. The van der Waals surface area contributed by atoms with E-state index < -0.39 is 0 Å². The standard InChI is InChI=1S/C12H20N4OS/c1-16-7-4-10(15-16)8-14-12(17)9-18-11-2-5-13-6-3-11/h4,7,11,13H,2-3,5-6,8-9H2,1H3,(H,14,17). The minimum atomic E-state index is 0.101. The van der Waals surface area contributed by atoms with Gasteiger partial charge in [-0.1, -0.05) is 0 Å². The number of hydrogen-bond acceptors (Lipinski definition) is 4. The Bertz CT molecular complexity index is 387. The number of carbonyl (C=O) groups is 1. The molecule has 5 nitrogen and oxygen atoms in total. The number of amides is 1. The minimum Gasteiger partial charge on any atom is -0.350 e. The molecule has 18 heavy (non-hydrogen) atoms. The monoisotopic (exact) mass is 268 g/mol. The van der Waals surface area contributed by atoms with Crippen molar-refractivity contribution in [3.63, 3.8) is 0 Å². The Morgan fingerprint density at radius 1 is 1.61 bits per heavy atom. The lowest BCUT2D eigenvalue weighted by molar-refractivity contribution is -0.118. The van der Waals surface area contributed by atoms with Crippen LogP contribution in [0.1, 0.15) is 18.5 Å². The molecule has 100 valence electrons. The molecule has 1 amide bonds. The normalized spacial score (nSPS) is 16.7. The number of hydrogen-bond donors (Lipinski definition) is 2. The number of thioether (sulfide) groups is 1. The van der Waals surface area contributed by atoms with Gasteiger partial charge in [0.2, 0.25) is 5.91 Å². The third-order valence-corrected chi connectivity index (χ3v) is 4.34. The second kappa shape index (κ2) is 6.80. The van der Waals surface area contributed by atoms with Gasteiger partial charge in [-0.3, -0.25) is 9.48 Å². The van der Waals surface area contributed by atoms with Gasteiger partial charge in [-0.2, -0.15) is 5.10 Å². The van der Waals surface area contributed by atoms with Gasteiger partial charge in [-0.25, -0.2) is 0 Å². The zero-order chi connectivity index (χ0) is 12.8. The van der Waals surface area contributed by atoms with Crippen molar-refractivity contribution in [2.45, 2.75) is 24.6 Å². The molecule has 0 aliphatic carbocycles. The van der Waals surface area contributed by atoms with Crippen molar-refractivity contribution in [2.24, 2.45) is 7.05 Å². The van der Waals surface area contributed by atoms with E-state index in [0.29, 0.717) is 17.5 Å². The van der Waals surface area contributed by atoms with E-state index in [4.69, 9.17) is 0 Å². The van der Waals surface area contributed by atoms with Crippen LogP contribution in [-0.2, 0) is 18.4 Å². The summed E-state index contributed by atoms with van der Waals surface area (Å²) in [5.41, 5.74) is 0.901. The van der Waals surface area contributed by atoms with Crippen LogP contribution >= 0.6 is 11.8 Å².